The number of aromatic nitrogens is 1. The normalized spacial score (nSPS) is 8.31. The lowest BCUT2D eigenvalue weighted by molar-refractivity contribution is 0.0600. The number of methoxy groups -OCH3 is 1. The van der Waals surface area contributed by atoms with Gasteiger partial charge in [-0.25, -0.2) is 9.78 Å². The second-order valence-electron chi connectivity index (χ2n) is 1.86. The first-order chi connectivity index (χ1) is 6.24. The Labute approximate surface area is 75.0 Å². The quantitative estimate of drug-likeness (QED) is 0.517. The molecule has 0 bridgehead atoms. The molecule has 1 rings (SSSR count). The third-order valence-corrected chi connectivity index (χ3v) is 1.15. The van der Waals surface area contributed by atoms with E-state index in [9.17, 15) is 9.18 Å². The number of ether oxygens (including phenoxy) is 1. The highest BCUT2D eigenvalue weighted by molar-refractivity contribution is 5.88. The number of esters is 1. The second-order valence-corrected chi connectivity index (χ2v) is 1.86. The summed E-state index contributed by atoms with van der Waals surface area (Å²) in [4.78, 5) is 14.0. The van der Waals surface area contributed by atoms with E-state index in [1.807, 2.05) is 0 Å². The van der Waals surface area contributed by atoms with E-state index in [-0.39, 0.29) is 5.56 Å². The van der Waals surface area contributed by atoms with Crippen molar-refractivity contribution in [1.82, 2.24) is 4.98 Å². The minimum atomic E-state index is -0.613. The van der Waals surface area contributed by atoms with Gasteiger partial charge in [-0.1, -0.05) is 0 Å². The van der Waals surface area contributed by atoms with E-state index in [0.717, 1.165) is 19.4 Å². The maximum absolute atomic E-state index is 12.2. The van der Waals surface area contributed by atoms with Crippen molar-refractivity contribution in [2.45, 2.75) is 0 Å². The van der Waals surface area contributed by atoms with Gasteiger partial charge in [0.25, 0.3) is 0 Å². The van der Waals surface area contributed by atoms with Crippen LogP contribution in [0.1, 0.15) is 10.4 Å². The van der Waals surface area contributed by atoms with Crippen LogP contribution in [0.15, 0.2) is 18.3 Å². The molecule has 0 fully saturated rings. The molecule has 1 heterocycles. The molecule has 4 nitrogen and oxygen atoms in total. The van der Waals surface area contributed by atoms with Crippen LogP contribution in [-0.2, 0) is 4.74 Å². The average molecular weight is 187 g/mol. The SMILES string of the molecule is CO.COC(=O)c1ccc(F)nc1. The Bertz CT molecular complexity index is 261. The Hall–Kier alpha value is -1.49. The van der Waals surface area contributed by atoms with E-state index in [1.54, 1.807) is 0 Å². The van der Waals surface area contributed by atoms with E-state index < -0.39 is 11.9 Å². The Morgan fingerprint density at radius 2 is 2.15 bits per heavy atom. The second kappa shape index (κ2) is 6.07. The van der Waals surface area contributed by atoms with Crippen LogP contribution < -0.4 is 0 Å². The molecule has 0 saturated carbocycles. The van der Waals surface area contributed by atoms with Gasteiger partial charge in [-0.2, -0.15) is 4.39 Å². The highest BCUT2D eigenvalue weighted by atomic mass is 19.1. The molecule has 1 N–H and O–H groups in total. The fourth-order valence-electron chi connectivity index (χ4n) is 0.614. The largest absolute Gasteiger partial charge is 0.465 e. The van der Waals surface area contributed by atoms with Crippen LogP contribution in [-0.4, -0.2) is 30.3 Å². The molecule has 13 heavy (non-hydrogen) atoms. The zero-order valence-electron chi connectivity index (χ0n) is 7.32. The van der Waals surface area contributed by atoms with Crippen LogP contribution in [0.3, 0.4) is 0 Å². The molecule has 0 saturated heterocycles. The molecule has 0 amide bonds. The number of aliphatic hydroxyl groups is 1. The summed E-state index contributed by atoms with van der Waals surface area (Å²) in [5.41, 5.74) is 0.244. The summed E-state index contributed by atoms with van der Waals surface area (Å²) in [6.45, 7) is 0. The van der Waals surface area contributed by atoms with Gasteiger partial charge < -0.3 is 9.84 Å². The Morgan fingerprint density at radius 3 is 2.54 bits per heavy atom. The van der Waals surface area contributed by atoms with Gasteiger partial charge in [-0.15, -0.1) is 0 Å². The van der Waals surface area contributed by atoms with Crippen molar-refractivity contribution in [3.8, 4) is 0 Å². The number of rotatable bonds is 1. The summed E-state index contributed by atoms with van der Waals surface area (Å²) in [6, 6.07) is 2.42. The van der Waals surface area contributed by atoms with E-state index >= 15 is 0 Å². The smallest absolute Gasteiger partial charge is 0.339 e. The first-order valence-electron chi connectivity index (χ1n) is 3.38. The molecular formula is C8H10FNO3. The van der Waals surface area contributed by atoms with Crippen LogP contribution in [0, 0.1) is 5.95 Å². The van der Waals surface area contributed by atoms with Gasteiger partial charge in [0.15, 0.2) is 0 Å². The Morgan fingerprint density at radius 1 is 1.54 bits per heavy atom. The third-order valence-electron chi connectivity index (χ3n) is 1.15. The van der Waals surface area contributed by atoms with Crippen molar-refractivity contribution in [3.05, 3.63) is 29.8 Å². The van der Waals surface area contributed by atoms with E-state index in [0.29, 0.717) is 0 Å². The zero-order chi connectivity index (χ0) is 10.3. The minimum Gasteiger partial charge on any atom is -0.465 e. The summed E-state index contributed by atoms with van der Waals surface area (Å²) < 4.78 is 16.6. The highest BCUT2D eigenvalue weighted by Crippen LogP contribution is 1.99. The molecule has 0 aliphatic carbocycles. The fourth-order valence-corrected chi connectivity index (χ4v) is 0.614. The molecule has 5 heteroatoms. The van der Waals surface area contributed by atoms with Gasteiger partial charge in [0.1, 0.15) is 0 Å². The number of hydrogen-bond acceptors (Lipinski definition) is 4. The van der Waals surface area contributed by atoms with Crippen molar-refractivity contribution in [2.24, 2.45) is 0 Å². The maximum atomic E-state index is 12.2. The Balaban J connectivity index is 0.000000671. The van der Waals surface area contributed by atoms with Crippen LogP contribution in [0.4, 0.5) is 4.39 Å². The standard InChI is InChI=1S/C7H6FNO2.CH4O/c1-11-7(10)5-2-3-6(8)9-4-5;1-2/h2-4H,1H3;2H,1H3. The summed E-state index contributed by atoms with van der Waals surface area (Å²) in [6.07, 6.45) is 1.13. The van der Waals surface area contributed by atoms with E-state index in [4.69, 9.17) is 5.11 Å². The Kier molecular flexibility index (Phi) is 5.38. The first kappa shape index (κ1) is 11.5. The lowest BCUT2D eigenvalue weighted by atomic mass is 10.3. The summed E-state index contributed by atoms with van der Waals surface area (Å²) in [7, 11) is 2.26. The van der Waals surface area contributed by atoms with Crippen LogP contribution in [0.25, 0.3) is 0 Å². The molecule has 0 aliphatic rings. The summed E-state index contributed by atoms with van der Waals surface area (Å²) in [5.74, 6) is -1.13. The molecule has 1 aromatic rings. The molecule has 0 aliphatic heterocycles. The topological polar surface area (TPSA) is 59.4 Å². The van der Waals surface area contributed by atoms with Crippen molar-refractivity contribution in [3.63, 3.8) is 0 Å². The molecule has 0 atom stereocenters. The molecule has 0 radical (unpaired) electrons. The lowest BCUT2D eigenvalue weighted by Gasteiger charge is -1.95. The number of hydrogen-bond donors (Lipinski definition) is 1. The highest BCUT2D eigenvalue weighted by Gasteiger charge is 2.04. The first-order valence-corrected chi connectivity index (χ1v) is 3.38. The van der Waals surface area contributed by atoms with Crippen molar-refractivity contribution < 1.29 is 19.0 Å². The predicted octanol–water partition coefficient (Wildman–Crippen LogP) is 0.616. The van der Waals surface area contributed by atoms with Gasteiger partial charge >= 0.3 is 5.97 Å². The van der Waals surface area contributed by atoms with Gasteiger partial charge in [0.05, 0.1) is 12.7 Å². The summed E-state index contributed by atoms with van der Waals surface area (Å²) >= 11 is 0. The molecular weight excluding hydrogens is 177 g/mol. The van der Waals surface area contributed by atoms with Crippen molar-refractivity contribution in [1.29, 1.82) is 0 Å². The average Bonchev–Trinajstić information content (AvgIpc) is 2.21. The van der Waals surface area contributed by atoms with Crippen molar-refractivity contribution >= 4 is 5.97 Å². The van der Waals surface area contributed by atoms with Crippen LogP contribution in [0.5, 0.6) is 0 Å². The minimum absolute atomic E-state index is 0.244. The van der Waals surface area contributed by atoms with Gasteiger partial charge in [0, 0.05) is 13.3 Å². The fraction of sp³-hybridized carbons (Fsp3) is 0.250. The van der Waals surface area contributed by atoms with Gasteiger partial charge in [-0.3, -0.25) is 0 Å². The van der Waals surface area contributed by atoms with Gasteiger partial charge in [0.2, 0.25) is 5.95 Å². The van der Waals surface area contributed by atoms with Crippen molar-refractivity contribution in [2.75, 3.05) is 14.2 Å². The molecule has 72 valence electrons. The zero-order valence-corrected chi connectivity index (χ0v) is 7.32. The van der Waals surface area contributed by atoms with E-state index in [1.165, 1.54) is 13.2 Å². The lowest BCUT2D eigenvalue weighted by Crippen LogP contribution is -2.01. The van der Waals surface area contributed by atoms with Gasteiger partial charge in [-0.05, 0) is 12.1 Å². The number of carbonyl (C=O) groups excluding carboxylic acids is 1. The molecule has 0 aromatic carbocycles. The number of nitrogens with zero attached hydrogens (tertiary/aromatic N) is 1. The number of carbonyl (C=O) groups is 1. The maximum Gasteiger partial charge on any atom is 0.339 e. The number of halogens is 1. The predicted molar refractivity (Wildman–Crippen MR) is 43.7 cm³/mol. The summed E-state index contributed by atoms with van der Waals surface area (Å²) in [5, 5.41) is 7.00. The molecule has 1 aromatic heterocycles. The van der Waals surface area contributed by atoms with Crippen LogP contribution in [0.2, 0.25) is 0 Å². The number of aliphatic hydroxyl groups excluding tert-OH is 1. The van der Waals surface area contributed by atoms with E-state index in [2.05, 4.69) is 9.72 Å². The van der Waals surface area contributed by atoms with Crippen LogP contribution >= 0.6 is 0 Å². The molecule has 0 spiro atoms. The monoisotopic (exact) mass is 187 g/mol. The number of pyridine rings is 1. The molecule has 0 unspecified atom stereocenters. The third kappa shape index (κ3) is 3.62.